The third-order valence-electron chi connectivity index (χ3n) is 4.17. The molecule has 1 aromatic carbocycles. The molecular formula is C16H24FNO. The summed E-state index contributed by atoms with van der Waals surface area (Å²) in [6, 6.07) is 5.77. The first kappa shape index (κ1) is 14.3. The van der Waals surface area contributed by atoms with Crippen LogP contribution in [0.4, 0.5) is 4.39 Å². The Balaban J connectivity index is 1.86. The van der Waals surface area contributed by atoms with Crippen LogP contribution in [-0.4, -0.2) is 13.2 Å². The van der Waals surface area contributed by atoms with Gasteiger partial charge in [-0.3, -0.25) is 0 Å². The van der Waals surface area contributed by atoms with Gasteiger partial charge < -0.3 is 10.1 Å². The highest BCUT2D eigenvalue weighted by Gasteiger charge is 2.20. The Bertz CT molecular complexity index is 408. The monoisotopic (exact) mass is 265 g/mol. The topological polar surface area (TPSA) is 21.3 Å². The van der Waals surface area contributed by atoms with Crippen LogP contribution in [0.15, 0.2) is 18.2 Å². The van der Waals surface area contributed by atoms with Crippen LogP contribution in [0, 0.1) is 11.7 Å². The zero-order valence-corrected chi connectivity index (χ0v) is 11.9. The Morgan fingerprint density at radius 2 is 2.21 bits per heavy atom. The Morgan fingerprint density at radius 1 is 1.37 bits per heavy atom. The van der Waals surface area contributed by atoms with E-state index in [-0.39, 0.29) is 5.82 Å². The van der Waals surface area contributed by atoms with Crippen molar-refractivity contribution in [2.24, 2.45) is 5.92 Å². The van der Waals surface area contributed by atoms with E-state index >= 15 is 0 Å². The van der Waals surface area contributed by atoms with E-state index in [2.05, 4.69) is 12.2 Å². The number of ether oxygens (including phenoxy) is 1. The van der Waals surface area contributed by atoms with Crippen molar-refractivity contribution in [3.63, 3.8) is 0 Å². The Kier molecular flexibility index (Phi) is 5.20. The minimum atomic E-state index is -0.281. The summed E-state index contributed by atoms with van der Waals surface area (Å²) in [5.74, 6) is 0.892. The molecule has 2 atom stereocenters. The molecule has 0 radical (unpaired) electrons. The second-order valence-corrected chi connectivity index (χ2v) is 5.49. The normalized spacial score (nSPS) is 23.3. The van der Waals surface area contributed by atoms with E-state index in [0.29, 0.717) is 11.8 Å². The van der Waals surface area contributed by atoms with Crippen molar-refractivity contribution in [1.82, 2.24) is 5.32 Å². The average Bonchev–Trinajstić information content (AvgIpc) is 2.45. The molecule has 1 saturated carbocycles. The highest BCUT2D eigenvalue weighted by Crippen LogP contribution is 2.27. The fourth-order valence-electron chi connectivity index (χ4n) is 2.93. The average molecular weight is 265 g/mol. The molecule has 0 aromatic heterocycles. The minimum absolute atomic E-state index is 0.281. The van der Waals surface area contributed by atoms with E-state index in [1.807, 2.05) is 6.07 Å². The molecule has 106 valence electrons. The molecule has 2 nitrogen and oxygen atoms in total. The molecule has 0 amide bonds. The van der Waals surface area contributed by atoms with Crippen LogP contribution in [0.5, 0.6) is 5.75 Å². The fraction of sp³-hybridized carbons (Fsp3) is 0.625. The zero-order valence-electron chi connectivity index (χ0n) is 11.9. The van der Waals surface area contributed by atoms with Crippen LogP contribution in [0.2, 0.25) is 0 Å². The molecule has 0 aliphatic heterocycles. The lowest BCUT2D eigenvalue weighted by Gasteiger charge is -2.29. The molecule has 1 aliphatic carbocycles. The number of hydrogen-bond acceptors (Lipinski definition) is 2. The van der Waals surface area contributed by atoms with Crippen molar-refractivity contribution >= 4 is 0 Å². The summed E-state index contributed by atoms with van der Waals surface area (Å²) < 4.78 is 18.5. The van der Waals surface area contributed by atoms with Crippen LogP contribution in [0.3, 0.4) is 0 Å². The maximum atomic E-state index is 13.6. The van der Waals surface area contributed by atoms with Gasteiger partial charge in [0, 0.05) is 12.6 Å². The summed E-state index contributed by atoms with van der Waals surface area (Å²) in [5, 5.41) is 3.56. The second kappa shape index (κ2) is 6.90. The van der Waals surface area contributed by atoms with Gasteiger partial charge in [-0.25, -0.2) is 4.39 Å². The summed E-state index contributed by atoms with van der Waals surface area (Å²) in [5.41, 5.74) is 0.983. The lowest BCUT2D eigenvalue weighted by molar-refractivity contribution is 0.278. The van der Waals surface area contributed by atoms with Gasteiger partial charge in [-0.1, -0.05) is 32.3 Å². The largest absolute Gasteiger partial charge is 0.494 e. The third kappa shape index (κ3) is 3.93. The zero-order chi connectivity index (χ0) is 13.7. The van der Waals surface area contributed by atoms with E-state index < -0.39 is 0 Å². The smallest absolute Gasteiger partial charge is 0.165 e. The molecule has 0 bridgehead atoms. The van der Waals surface area contributed by atoms with E-state index in [1.165, 1.54) is 39.2 Å². The molecule has 19 heavy (non-hydrogen) atoms. The van der Waals surface area contributed by atoms with Crippen molar-refractivity contribution in [3.05, 3.63) is 29.6 Å². The lowest BCUT2D eigenvalue weighted by Crippen LogP contribution is -2.33. The third-order valence-corrected chi connectivity index (χ3v) is 4.17. The van der Waals surface area contributed by atoms with E-state index in [4.69, 9.17) is 4.74 Å². The number of nitrogens with one attached hydrogen (secondary N) is 1. The standard InChI is InChI=1S/C16H24FNO/c1-3-12-5-4-6-14(9-12)18-11-13-7-8-16(19-2)15(17)10-13/h7-8,10,12,14,18H,3-6,9,11H2,1-2H3. The van der Waals surface area contributed by atoms with Crippen molar-refractivity contribution in [2.45, 2.75) is 51.6 Å². The van der Waals surface area contributed by atoms with Gasteiger partial charge in [-0.05, 0) is 36.5 Å². The van der Waals surface area contributed by atoms with E-state index in [9.17, 15) is 4.39 Å². The number of rotatable bonds is 5. The predicted molar refractivity (Wildman–Crippen MR) is 75.8 cm³/mol. The van der Waals surface area contributed by atoms with Gasteiger partial charge in [0.2, 0.25) is 0 Å². The Labute approximate surface area is 115 Å². The van der Waals surface area contributed by atoms with Gasteiger partial charge >= 0.3 is 0 Å². The molecule has 1 aliphatic rings. The molecule has 0 saturated heterocycles. The van der Waals surface area contributed by atoms with Crippen LogP contribution in [0.1, 0.15) is 44.6 Å². The van der Waals surface area contributed by atoms with Crippen molar-refractivity contribution in [3.8, 4) is 5.75 Å². The summed E-state index contributed by atoms with van der Waals surface area (Å²) in [6.07, 6.45) is 6.46. The van der Waals surface area contributed by atoms with Gasteiger partial charge in [0.15, 0.2) is 11.6 Å². The van der Waals surface area contributed by atoms with Gasteiger partial charge in [0.25, 0.3) is 0 Å². The molecule has 3 heteroatoms. The first-order valence-electron chi connectivity index (χ1n) is 7.28. The van der Waals surface area contributed by atoms with Crippen LogP contribution in [0.25, 0.3) is 0 Å². The highest BCUT2D eigenvalue weighted by molar-refractivity contribution is 5.29. The van der Waals surface area contributed by atoms with Gasteiger partial charge in [0.05, 0.1) is 7.11 Å². The van der Waals surface area contributed by atoms with Gasteiger partial charge in [-0.15, -0.1) is 0 Å². The predicted octanol–water partition coefficient (Wildman–Crippen LogP) is 3.89. The van der Waals surface area contributed by atoms with Crippen molar-refractivity contribution in [1.29, 1.82) is 0 Å². The molecule has 0 heterocycles. The summed E-state index contributed by atoms with van der Waals surface area (Å²) in [7, 11) is 1.49. The molecule has 2 unspecified atom stereocenters. The van der Waals surface area contributed by atoms with Crippen LogP contribution >= 0.6 is 0 Å². The molecule has 2 rings (SSSR count). The molecular weight excluding hydrogens is 241 g/mol. The Hall–Kier alpha value is -1.09. The minimum Gasteiger partial charge on any atom is -0.494 e. The quantitative estimate of drug-likeness (QED) is 0.872. The lowest BCUT2D eigenvalue weighted by atomic mass is 9.84. The SMILES string of the molecule is CCC1CCCC(NCc2ccc(OC)c(F)c2)C1. The summed E-state index contributed by atoms with van der Waals surface area (Å²) >= 11 is 0. The summed E-state index contributed by atoms with van der Waals surface area (Å²) in [6.45, 7) is 3.01. The first-order valence-corrected chi connectivity index (χ1v) is 7.28. The van der Waals surface area contributed by atoms with Gasteiger partial charge in [0.1, 0.15) is 0 Å². The molecule has 1 N–H and O–H groups in total. The molecule has 1 fully saturated rings. The maximum Gasteiger partial charge on any atom is 0.165 e. The first-order chi connectivity index (χ1) is 9.22. The van der Waals surface area contributed by atoms with Crippen LogP contribution < -0.4 is 10.1 Å². The van der Waals surface area contributed by atoms with E-state index in [1.54, 1.807) is 12.1 Å². The van der Waals surface area contributed by atoms with Crippen molar-refractivity contribution in [2.75, 3.05) is 7.11 Å². The fourth-order valence-corrected chi connectivity index (χ4v) is 2.93. The number of hydrogen-bond donors (Lipinski definition) is 1. The number of benzene rings is 1. The number of methoxy groups -OCH3 is 1. The molecule has 1 aromatic rings. The highest BCUT2D eigenvalue weighted by atomic mass is 19.1. The van der Waals surface area contributed by atoms with Gasteiger partial charge in [-0.2, -0.15) is 0 Å². The second-order valence-electron chi connectivity index (χ2n) is 5.49. The van der Waals surface area contributed by atoms with Crippen molar-refractivity contribution < 1.29 is 9.13 Å². The summed E-state index contributed by atoms with van der Waals surface area (Å²) in [4.78, 5) is 0. The van der Waals surface area contributed by atoms with E-state index in [0.717, 1.165) is 18.0 Å². The maximum absolute atomic E-state index is 13.6. The number of halogens is 1. The Morgan fingerprint density at radius 3 is 2.89 bits per heavy atom. The molecule has 0 spiro atoms. The van der Waals surface area contributed by atoms with Crippen LogP contribution in [-0.2, 0) is 6.54 Å².